The second-order valence-electron chi connectivity index (χ2n) is 4.82. The molecule has 1 heterocycles. The summed E-state index contributed by atoms with van der Waals surface area (Å²) in [6, 6.07) is 17.5. The molecule has 0 bridgehead atoms. The molecular weight excluding hydrogens is 262 g/mol. The summed E-state index contributed by atoms with van der Waals surface area (Å²) in [6.07, 6.45) is 0. The zero-order valence-corrected chi connectivity index (χ0v) is 12.0. The van der Waals surface area contributed by atoms with Gasteiger partial charge < -0.3 is 4.74 Å². The van der Waals surface area contributed by atoms with Crippen LogP contribution < -0.4 is 0 Å². The number of hydrogen-bond acceptors (Lipinski definition) is 3. The van der Waals surface area contributed by atoms with Gasteiger partial charge in [0.15, 0.2) is 0 Å². The zero-order valence-electron chi connectivity index (χ0n) is 12.0. The van der Waals surface area contributed by atoms with Crippen LogP contribution in [0.15, 0.2) is 54.6 Å². The molecule has 104 valence electrons. The van der Waals surface area contributed by atoms with Crippen LogP contribution in [0.5, 0.6) is 0 Å². The molecule has 21 heavy (non-hydrogen) atoms. The van der Waals surface area contributed by atoms with E-state index in [0.29, 0.717) is 11.3 Å². The molecule has 0 unspecified atom stereocenters. The maximum absolute atomic E-state index is 12.3. The van der Waals surface area contributed by atoms with Gasteiger partial charge in [0.05, 0.1) is 18.4 Å². The lowest BCUT2D eigenvalue weighted by atomic mass is 9.98. The summed E-state index contributed by atoms with van der Waals surface area (Å²) in [5.41, 5.74) is 2.99. The number of benzene rings is 2. The van der Waals surface area contributed by atoms with Crippen molar-refractivity contribution >= 4 is 16.7 Å². The van der Waals surface area contributed by atoms with Gasteiger partial charge in [-0.1, -0.05) is 54.6 Å². The van der Waals surface area contributed by atoms with Crippen molar-refractivity contribution < 1.29 is 9.53 Å². The van der Waals surface area contributed by atoms with E-state index in [9.17, 15) is 4.79 Å². The Morgan fingerprint density at radius 3 is 2.24 bits per heavy atom. The standard InChI is InChI=1S/C18H15NO2/c1-12-14-10-6-7-11-15(14)16(18(20)21-2)17(19-12)13-8-4-3-5-9-13/h3-11H,1-2H3. The Morgan fingerprint density at radius 1 is 0.952 bits per heavy atom. The minimum atomic E-state index is -0.363. The number of pyridine rings is 1. The molecule has 0 fully saturated rings. The number of aromatic nitrogens is 1. The van der Waals surface area contributed by atoms with Gasteiger partial charge in [-0.25, -0.2) is 4.79 Å². The van der Waals surface area contributed by atoms with Crippen LogP contribution in [0, 0.1) is 6.92 Å². The molecule has 3 aromatic rings. The number of carbonyl (C=O) groups excluding carboxylic acids is 1. The van der Waals surface area contributed by atoms with Gasteiger partial charge in [0.25, 0.3) is 0 Å². The highest BCUT2D eigenvalue weighted by molar-refractivity contribution is 6.09. The number of hydrogen-bond donors (Lipinski definition) is 0. The second-order valence-corrected chi connectivity index (χ2v) is 4.82. The molecule has 0 N–H and O–H groups in total. The zero-order chi connectivity index (χ0) is 14.8. The first-order chi connectivity index (χ1) is 10.2. The Balaban J connectivity index is 2.41. The molecule has 0 saturated heterocycles. The fourth-order valence-corrected chi connectivity index (χ4v) is 2.54. The van der Waals surface area contributed by atoms with Crippen LogP contribution in [0.3, 0.4) is 0 Å². The fourth-order valence-electron chi connectivity index (χ4n) is 2.54. The highest BCUT2D eigenvalue weighted by Crippen LogP contribution is 2.30. The molecule has 0 atom stereocenters. The van der Waals surface area contributed by atoms with Crippen molar-refractivity contribution in [3.05, 3.63) is 65.9 Å². The fraction of sp³-hybridized carbons (Fsp3) is 0.111. The molecule has 3 nitrogen and oxygen atoms in total. The lowest BCUT2D eigenvalue weighted by Gasteiger charge is -2.13. The molecule has 0 aliphatic carbocycles. The predicted octanol–water partition coefficient (Wildman–Crippen LogP) is 4.00. The summed E-state index contributed by atoms with van der Waals surface area (Å²) < 4.78 is 4.97. The number of ether oxygens (including phenoxy) is 1. The van der Waals surface area contributed by atoms with E-state index in [2.05, 4.69) is 4.98 Å². The maximum atomic E-state index is 12.3. The van der Waals surface area contributed by atoms with Crippen LogP contribution >= 0.6 is 0 Å². The van der Waals surface area contributed by atoms with Crippen molar-refractivity contribution in [1.29, 1.82) is 0 Å². The summed E-state index contributed by atoms with van der Waals surface area (Å²) in [7, 11) is 1.39. The van der Waals surface area contributed by atoms with E-state index in [1.54, 1.807) is 0 Å². The first-order valence-corrected chi connectivity index (χ1v) is 6.75. The van der Waals surface area contributed by atoms with Crippen LogP contribution in [0.25, 0.3) is 22.0 Å². The summed E-state index contributed by atoms with van der Waals surface area (Å²) in [6.45, 7) is 1.95. The molecule has 1 aromatic heterocycles. The Hall–Kier alpha value is -2.68. The van der Waals surface area contributed by atoms with E-state index < -0.39 is 0 Å². The minimum absolute atomic E-state index is 0.363. The third-order valence-corrected chi connectivity index (χ3v) is 3.54. The molecule has 3 rings (SSSR count). The van der Waals surface area contributed by atoms with Gasteiger partial charge in [-0.3, -0.25) is 4.98 Å². The van der Waals surface area contributed by atoms with Crippen molar-refractivity contribution in [1.82, 2.24) is 4.98 Å². The van der Waals surface area contributed by atoms with Crippen LogP contribution in [-0.2, 0) is 4.74 Å². The second kappa shape index (κ2) is 5.37. The van der Waals surface area contributed by atoms with Crippen molar-refractivity contribution in [3.63, 3.8) is 0 Å². The van der Waals surface area contributed by atoms with Gasteiger partial charge >= 0.3 is 5.97 Å². The monoisotopic (exact) mass is 277 g/mol. The van der Waals surface area contributed by atoms with Crippen molar-refractivity contribution in [3.8, 4) is 11.3 Å². The quantitative estimate of drug-likeness (QED) is 0.665. The van der Waals surface area contributed by atoms with Gasteiger partial charge in [-0.2, -0.15) is 0 Å². The van der Waals surface area contributed by atoms with E-state index in [-0.39, 0.29) is 5.97 Å². The molecule has 3 heteroatoms. The van der Waals surface area contributed by atoms with Gasteiger partial charge in [0.1, 0.15) is 0 Å². The Bertz CT molecular complexity index is 810. The number of aryl methyl sites for hydroxylation is 1. The molecule has 0 aliphatic heterocycles. The highest BCUT2D eigenvalue weighted by Gasteiger charge is 2.19. The van der Waals surface area contributed by atoms with Gasteiger partial charge in [0.2, 0.25) is 0 Å². The summed E-state index contributed by atoms with van der Waals surface area (Å²) in [5, 5.41) is 1.84. The number of rotatable bonds is 2. The lowest BCUT2D eigenvalue weighted by Crippen LogP contribution is -2.07. The van der Waals surface area contributed by atoms with Crippen LogP contribution in [0.1, 0.15) is 16.1 Å². The third-order valence-electron chi connectivity index (χ3n) is 3.54. The molecule has 0 aliphatic rings. The first kappa shape index (κ1) is 13.3. The summed E-state index contributed by atoms with van der Waals surface area (Å²) in [4.78, 5) is 16.9. The third kappa shape index (κ3) is 2.27. The molecule has 0 spiro atoms. The van der Waals surface area contributed by atoms with Gasteiger partial charge in [-0.05, 0) is 6.92 Å². The highest BCUT2D eigenvalue weighted by atomic mass is 16.5. The van der Waals surface area contributed by atoms with Crippen LogP contribution in [0.4, 0.5) is 0 Å². The predicted molar refractivity (Wildman–Crippen MR) is 83.3 cm³/mol. The number of methoxy groups -OCH3 is 1. The Morgan fingerprint density at radius 2 is 1.57 bits per heavy atom. The van der Waals surface area contributed by atoms with Crippen molar-refractivity contribution in [2.75, 3.05) is 7.11 Å². The number of esters is 1. The van der Waals surface area contributed by atoms with E-state index in [1.165, 1.54) is 7.11 Å². The molecule has 2 aromatic carbocycles. The largest absolute Gasteiger partial charge is 0.465 e. The minimum Gasteiger partial charge on any atom is -0.465 e. The van der Waals surface area contributed by atoms with Gasteiger partial charge in [-0.15, -0.1) is 0 Å². The van der Waals surface area contributed by atoms with E-state index >= 15 is 0 Å². The van der Waals surface area contributed by atoms with Crippen LogP contribution in [0.2, 0.25) is 0 Å². The number of nitrogens with zero attached hydrogens (tertiary/aromatic N) is 1. The molecule has 0 saturated carbocycles. The Kier molecular flexibility index (Phi) is 3.40. The Labute approximate surface area is 123 Å². The topological polar surface area (TPSA) is 39.2 Å². The maximum Gasteiger partial charge on any atom is 0.340 e. The van der Waals surface area contributed by atoms with Crippen molar-refractivity contribution in [2.45, 2.75) is 6.92 Å². The van der Waals surface area contributed by atoms with Crippen molar-refractivity contribution in [2.24, 2.45) is 0 Å². The average Bonchev–Trinajstić information content (AvgIpc) is 2.55. The molecular formula is C18H15NO2. The van der Waals surface area contributed by atoms with E-state index in [0.717, 1.165) is 22.0 Å². The number of fused-ring (bicyclic) bond motifs is 1. The van der Waals surface area contributed by atoms with Crippen LogP contribution in [-0.4, -0.2) is 18.1 Å². The first-order valence-electron chi connectivity index (χ1n) is 6.75. The molecule has 0 radical (unpaired) electrons. The lowest BCUT2D eigenvalue weighted by molar-refractivity contribution is 0.0603. The molecule has 0 amide bonds. The summed E-state index contributed by atoms with van der Waals surface area (Å²) >= 11 is 0. The van der Waals surface area contributed by atoms with E-state index in [4.69, 9.17) is 4.74 Å². The normalized spacial score (nSPS) is 10.6. The van der Waals surface area contributed by atoms with Gasteiger partial charge in [0, 0.05) is 22.0 Å². The summed E-state index contributed by atoms with van der Waals surface area (Å²) in [5.74, 6) is -0.363. The van der Waals surface area contributed by atoms with E-state index in [1.807, 2.05) is 61.5 Å². The average molecular weight is 277 g/mol. The SMILES string of the molecule is COC(=O)c1c(-c2ccccc2)nc(C)c2ccccc12. The smallest absolute Gasteiger partial charge is 0.340 e. The number of carbonyl (C=O) groups is 1.